The van der Waals surface area contributed by atoms with E-state index in [9.17, 15) is 14.4 Å². The largest absolute Gasteiger partial charge is 0.493 e. The molecule has 1 saturated carbocycles. The first-order chi connectivity index (χ1) is 19.0. The smallest absolute Gasteiger partial charge is 0.340 e. The van der Waals surface area contributed by atoms with Crippen LogP contribution < -0.4 is 14.4 Å². The van der Waals surface area contributed by atoms with E-state index >= 15 is 0 Å². The number of anilines is 1. The summed E-state index contributed by atoms with van der Waals surface area (Å²) >= 11 is 0. The number of fused-ring (bicyclic) bond motifs is 3. The summed E-state index contributed by atoms with van der Waals surface area (Å²) < 4.78 is 16.8. The fourth-order valence-electron chi connectivity index (χ4n) is 6.37. The normalized spacial score (nSPS) is 21.8. The van der Waals surface area contributed by atoms with E-state index in [-0.39, 0.29) is 34.9 Å². The molecule has 2 bridgehead atoms. The van der Waals surface area contributed by atoms with Gasteiger partial charge in [-0.25, -0.2) is 9.69 Å². The van der Waals surface area contributed by atoms with Crippen molar-refractivity contribution in [2.75, 3.05) is 32.3 Å². The van der Waals surface area contributed by atoms with Gasteiger partial charge in [0.2, 0.25) is 0 Å². The molecule has 3 aliphatic rings. The molecule has 39 heavy (non-hydrogen) atoms. The van der Waals surface area contributed by atoms with Crippen LogP contribution in [0.5, 0.6) is 11.5 Å². The molecule has 1 aliphatic carbocycles. The van der Waals surface area contributed by atoms with Gasteiger partial charge in [0.25, 0.3) is 11.8 Å². The maximum absolute atomic E-state index is 13.6. The summed E-state index contributed by atoms with van der Waals surface area (Å²) in [4.78, 5) is 43.6. The number of nitrogens with zero attached hydrogens (tertiary/aromatic N) is 2. The Morgan fingerprint density at radius 2 is 1.51 bits per heavy atom. The molecule has 0 N–H and O–H groups in total. The molecule has 200 valence electrons. The second-order valence-electron chi connectivity index (χ2n) is 10.3. The van der Waals surface area contributed by atoms with Crippen LogP contribution in [0.15, 0.2) is 66.7 Å². The Morgan fingerprint density at radius 1 is 0.872 bits per heavy atom. The Morgan fingerprint density at radius 3 is 2.18 bits per heavy atom. The first kappa shape index (κ1) is 25.1. The van der Waals surface area contributed by atoms with Crippen LogP contribution >= 0.6 is 0 Å². The van der Waals surface area contributed by atoms with Gasteiger partial charge in [0, 0.05) is 37.2 Å². The van der Waals surface area contributed by atoms with Crippen LogP contribution in [-0.2, 0) is 11.3 Å². The Hall–Kier alpha value is -4.17. The lowest BCUT2D eigenvalue weighted by Gasteiger charge is -2.27. The van der Waals surface area contributed by atoms with Crippen molar-refractivity contribution in [2.24, 2.45) is 11.8 Å². The fraction of sp³-hybridized carbons (Fsp3) is 0.323. The third kappa shape index (κ3) is 4.34. The third-order valence-electron chi connectivity index (χ3n) is 8.26. The lowest BCUT2D eigenvalue weighted by molar-refractivity contribution is 0.0409. The second-order valence-corrected chi connectivity index (χ2v) is 10.3. The van der Waals surface area contributed by atoms with Crippen LogP contribution in [-0.4, -0.2) is 56.1 Å². The Balaban J connectivity index is 1.24. The summed E-state index contributed by atoms with van der Waals surface area (Å²) in [5, 5.41) is 0. The molecule has 3 aromatic carbocycles. The van der Waals surface area contributed by atoms with Crippen LogP contribution in [0.4, 0.5) is 5.69 Å². The minimum Gasteiger partial charge on any atom is -0.493 e. The average Bonchev–Trinajstić information content (AvgIpc) is 3.60. The number of hydrogen-bond donors (Lipinski definition) is 0. The molecule has 8 heteroatoms. The monoisotopic (exact) mass is 526 g/mol. The summed E-state index contributed by atoms with van der Waals surface area (Å²) in [6.07, 6.45) is 2.20. The van der Waals surface area contributed by atoms with Crippen LogP contribution in [0.3, 0.4) is 0 Å². The summed E-state index contributed by atoms with van der Waals surface area (Å²) in [6.45, 7) is 2.14. The van der Waals surface area contributed by atoms with Crippen molar-refractivity contribution in [1.29, 1.82) is 0 Å². The van der Waals surface area contributed by atoms with E-state index in [1.165, 1.54) is 31.9 Å². The Labute approximate surface area is 227 Å². The molecule has 0 aromatic heterocycles. The molecule has 3 unspecified atom stereocenters. The molecular weight excluding hydrogens is 496 g/mol. The molecule has 1 saturated heterocycles. The van der Waals surface area contributed by atoms with E-state index in [1.54, 1.807) is 24.3 Å². The van der Waals surface area contributed by atoms with Crippen molar-refractivity contribution in [1.82, 2.24) is 4.90 Å². The average molecular weight is 527 g/mol. The molecule has 3 atom stereocenters. The van der Waals surface area contributed by atoms with E-state index in [2.05, 4.69) is 29.2 Å². The molecule has 2 amide bonds. The highest BCUT2D eigenvalue weighted by Crippen LogP contribution is 2.44. The predicted octanol–water partition coefficient (Wildman–Crippen LogP) is 4.57. The molecule has 3 aromatic rings. The van der Waals surface area contributed by atoms with E-state index in [0.29, 0.717) is 23.5 Å². The van der Waals surface area contributed by atoms with Crippen LogP contribution in [0.25, 0.3) is 0 Å². The Kier molecular flexibility index (Phi) is 6.56. The summed E-state index contributed by atoms with van der Waals surface area (Å²) in [6, 6.07) is 20.3. The standard InChI is InChI=1S/C31H30N2O6/c1-37-27-14-23(26(15-28(27)38-2)33-29(34)21-10-6-7-11-22(21)30(33)35)31(36)39-18-24-20-12-13-25(24)32(17-20)16-19-8-4-3-5-9-19/h3-11,14-15,20,24-25H,12-13,16-18H2,1-2H3. The predicted molar refractivity (Wildman–Crippen MR) is 144 cm³/mol. The zero-order valence-electron chi connectivity index (χ0n) is 22.0. The first-order valence-corrected chi connectivity index (χ1v) is 13.2. The quantitative estimate of drug-likeness (QED) is 0.314. The molecular formula is C31H30N2O6. The number of amides is 2. The lowest BCUT2D eigenvalue weighted by atomic mass is 9.99. The maximum Gasteiger partial charge on any atom is 0.340 e. The summed E-state index contributed by atoms with van der Waals surface area (Å²) in [5.74, 6) is -0.299. The number of likely N-dealkylation sites (tertiary alicyclic amines) is 1. The van der Waals surface area contributed by atoms with Crippen molar-refractivity contribution >= 4 is 23.5 Å². The zero-order valence-corrected chi connectivity index (χ0v) is 22.0. The van der Waals surface area contributed by atoms with Gasteiger partial charge in [-0.3, -0.25) is 14.5 Å². The number of carbonyl (C=O) groups is 3. The van der Waals surface area contributed by atoms with Gasteiger partial charge in [-0.1, -0.05) is 42.5 Å². The van der Waals surface area contributed by atoms with Gasteiger partial charge in [-0.05, 0) is 36.5 Å². The van der Waals surface area contributed by atoms with Crippen molar-refractivity contribution < 1.29 is 28.6 Å². The number of rotatable bonds is 8. The number of piperidine rings is 1. The van der Waals surface area contributed by atoms with Crippen LogP contribution in [0, 0.1) is 11.8 Å². The van der Waals surface area contributed by atoms with E-state index in [0.717, 1.165) is 30.8 Å². The van der Waals surface area contributed by atoms with Crippen LogP contribution in [0.1, 0.15) is 49.5 Å². The van der Waals surface area contributed by atoms with Crippen LogP contribution in [0.2, 0.25) is 0 Å². The topological polar surface area (TPSA) is 85.4 Å². The minimum absolute atomic E-state index is 0.0774. The zero-order chi connectivity index (χ0) is 27.1. The molecule has 0 spiro atoms. The van der Waals surface area contributed by atoms with Gasteiger partial charge in [0.1, 0.15) is 0 Å². The van der Waals surface area contributed by atoms with Gasteiger partial charge in [0.15, 0.2) is 11.5 Å². The number of hydrogen-bond acceptors (Lipinski definition) is 7. The number of carbonyl (C=O) groups excluding carboxylic acids is 3. The van der Waals surface area contributed by atoms with Crippen molar-refractivity contribution in [3.05, 3.63) is 89.0 Å². The number of esters is 1. The number of methoxy groups -OCH3 is 2. The lowest BCUT2D eigenvalue weighted by Crippen LogP contribution is -2.34. The van der Waals surface area contributed by atoms with Gasteiger partial charge in [-0.15, -0.1) is 0 Å². The highest BCUT2D eigenvalue weighted by molar-refractivity contribution is 6.35. The minimum atomic E-state index is -0.608. The Bertz CT molecular complexity index is 1400. The molecule has 2 heterocycles. The highest BCUT2D eigenvalue weighted by atomic mass is 16.5. The number of ether oxygens (including phenoxy) is 3. The molecule has 2 fully saturated rings. The van der Waals surface area contributed by atoms with Gasteiger partial charge >= 0.3 is 5.97 Å². The van der Waals surface area contributed by atoms with Gasteiger partial charge in [0.05, 0.1) is 43.2 Å². The maximum atomic E-state index is 13.6. The van der Waals surface area contributed by atoms with Gasteiger partial charge in [-0.2, -0.15) is 0 Å². The molecule has 8 nitrogen and oxygen atoms in total. The SMILES string of the molecule is COc1cc(C(=O)OCC2C3CCC2N(Cc2ccccc2)C3)c(N2C(=O)c3ccccc3C2=O)cc1OC. The van der Waals surface area contributed by atoms with Crippen molar-refractivity contribution in [2.45, 2.75) is 25.4 Å². The highest BCUT2D eigenvalue weighted by Gasteiger charge is 2.47. The number of imide groups is 1. The van der Waals surface area contributed by atoms with E-state index < -0.39 is 17.8 Å². The summed E-state index contributed by atoms with van der Waals surface area (Å²) in [7, 11) is 2.92. The first-order valence-electron chi connectivity index (χ1n) is 13.2. The van der Waals surface area contributed by atoms with E-state index in [1.807, 2.05) is 6.07 Å². The third-order valence-corrected chi connectivity index (χ3v) is 8.26. The number of benzene rings is 3. The fourth-order valence-corrected chi connectivity index (χ4v) is 6.37. The second kappa shape index (κ2) is 10.2. The molecule has 6 rings (SSSR count). The van der Waals surface area contributed by atoms with Gasteiger partial charge < -0.3 is 14.2 Å². The van der Waals surface area contributed by atoms with E-state index in [4.69, 9.17) is 14.2 Å². The molecule has 2 aliphatic heterocycles. The van der Waals surface area contributed by atoms with Crippen molar-refractivity contribution in [3.63, 3.8) is 0 Å². The van der Waals surface area contributed by atoms with Crippen molar-refractivity contribution in [3.8, 4) is 11.5 Å². The molecule has 0 radical (unpaired) electrons. The summed E-state index contributed by atoms with van der Waals surface area (Å²) in [5.41, 5.74) is 2.05.